The zero-order valence-corrected chi connectivity index (χ0v) is 32.8. The summed E-state index contributed by atoms with van der Waals surface area (Å²) in [5, 5.41) is 12.0. The number of rotatable bonds is 7. The van der Waals surface area contributed by atoms with Gasteiger partial charge in [-0.25, -0.2) is 0 Å². The minimum absolute atomic E-state index is 0.0338. The minimum atomic E-state index is -0.995. The number of piperidine rings is 2. The van der Waals surface area contributed by atoms with Crippen LogP contribution in [0.25, 0.3) is 0 Å². The number of amides is 5. The normalized spacial score (nSPS) is 23.8. The van der Waals surface area contributed by atoms with Crippen molar-refractivity contribution in [2.24, 2.45) is 5.41 Å². The molecule has 6 heterocycles. The maximum Gasteiger partial charge on any atom is 0.262 e. The van der Waals surface area contributed by atoms with Crippen LogP contribution in [-0.2, 0) is 27.4 Å². The fourth-order valence-electron chi connectivity index (χ4n) is 10.1. The second-order valence-corrected chi connectivity index (χ2v) is 17.2. The van der Waals surface area contributed by atoms with Gasteiger partial charge in [0.2, 0.25) is 11.8 Å². The summed E-state index contributed by atoms with van der Waals surface area (Å²) < 4.78 is 6.02. The summed E-state index contributed by atoms with van der Waals surface area (Å²) in [6, 6.07) is 18.7. The first-order valence-corrected chi connectivity index (χ1v) is 20.0. The largest absolute Gasteiger partial charge is 0.373 e. The van der Waals surface area contributed by atoms with Crippen molar-refractivity contribution in [3.63, 3.8) is 0 Å². The molecule has 13 nitrogen and oxygen atoms in total. The molecule has 0 bridgehead atoms. The van der Waals surface area contributed by atoms with Gasteiger partial charge < -0.3 is 19.4 Å². The zero-order chi connectivity index (χ0) is 39.8. The highest BCUT2D eigenvalue weighted by Crippen LogP contribution is 2.46. The molecule has 3 aromatic rings. The molecule has 5 amide bonds. The number of hydrogen-bond donors (Lipinski definition) is 1. The average molecular weight is 790 g/mol. The molecule has 1 unspecified atom stereocenters. The average Bonchev–Trinajstić information content (AvgIpc) is 3.81. The summed E-state index contributed by atoms with van der Waals surface area (Å²) in [4.78, 5) is 74.3. The number of nitrogens with zero attached hydrogens (tertiary/aromatic N) is 6. The van der Waals surface area contributed by atoms with Crippen molar-refractivity contribution in [3.8, 4) is 6.07 Å². The zero-order valence-electron chi connectivity index (χ0n) is 32.1. The highest BCUT2D eigenvalue weighted by Gasteiger charge is 2.49. The molecule has 4 fully saturated rings. The molecular weight excluding hydrogens is 746 g/mol. The van der Waals surface area contributed by atoms with Gasteiger partial charge in [-0.15, -0.1) is 0 Å². The fraction of sp³-hybridized carbons (Fsp3) is 0.442. The molecule has 0 aromatic heterocycles. The van der Waals surface area contributed by atoms with E-state index in [2.05, 4.69) is 45.1 Å². The van der Waals surface area contributed by atoms with E-state index in [1.54, 1.807) is 25.3 Å². The van der Waals surface area contributed by atoms with E-state index in [0.29, 0.717) is 54.9 Å². The van der Waals surface area contributed by atoms with Gasteiger partial charge in [-0.05, 0) is 104 Å². The van der Waals surface area contributed by atoms with E-state index in [1.165, 1.54) is 0 Å². The molecule has 6 aliphatic rings. The lowest BCUT2D eigenvalue weighted by Gasteiger charge is -2.50. The standard InChI is InChI=1S/C43H44ClN7O6/c1-26-18-42(22-50(26)32-8-5-28(19-45)35(44)17-32)11-13-48(14-12-42)31-6-3-27(4-7-31)39(54)49-24-43(25-49,57-2)23-47-20-29-15-33-34(16-30(29)21-47)41(56)51(40(33)55)36-9-10-37(52)46-38(36)53/h3-8,15-17,26,36H,9-14,18,20-25H2,1-2H3,(H,46,52,53)/t26-,36?/m0/s1. The number of carbonyl (C=O) groups excluding carboxylic acids is 5. The summed E-state index contributed by atoms with van der Waals surface area (Å²) in [5.41, 5.74) is 5.45. The first-order chi connectivity index (χ1) is 27.4. The van der Waals surface area contributed by atoms with Crippen molar-refractivity contribution in [3.05, 3.63) is 93.0 Å². The van der Waals surface area contributed by atoms with Gasteiger partial charge in [0.15, 0.2) is 0 Å². The third kappa shape index (κ3) is 6.44. The van der Waals surface area contributed by atoms with Crippen LogP contribution in [0.4, 0.5) is 11.4 Å². The summed E-state index contributed by atoms with van der Waals surface area (Å²) in [6.45, 7) is 7.72. The van der Waals surface area contributed by atoms with Crippen LogP contribution < -0.4 is 15.1 Å². The van der Waals surface area contributed by atoms with Crippen LogP contribution in [0.3, 0.4) is 0 Å². The number of methoxy groups -OCH3 is 1. The van der Waals surface area contributed by atoms with Gasteiger partial charge in [-0.2, -0.15) is 5.26 Å². The lowest BCUT2D eigenvalue weighted by atomic mass is 9.76. The highest BCUT2D eigenvalue weighted by molar-refractivity contribution is 6.32. The first-order valence-electron chi connectivity index (χ1n) is 19.6. The maximum atomic E-state index is 13.6. The summed E-state index contributed by atoms with van der Waals surface area (Å²) in [7, 11) is 1.67. The number of halogens is 1. The van der Waals surface area contributed by atoms with Crippen LogP contribution in [0.1, 0.15) is 86.8 Å². The van der Waals surface area contributed by atoms with Crippen LogP contribution in [-0.4, -0.2) is 108 Å². The minimum Gasteiger partial charge on any atom is -0.373 e. The molecule has 3 aromatic carbocycles. The van der Waals surface area contributed by atoms with Crippen LogP contribution in [0.15, 0.2) is 54.6 Å². The number of anilines is 2. The number of carbonyl (C=O) groups is 5. The van der Waals surface area contributed by atoms with Gasteiger partial charge in [-0.3, -0.25) is 39.1 Å². The van der Waals surface area contributed by atoms with E-state index in [0.717, 1.165) is 66.3 Å². The summed E-state index contributed by atoms with van der Waals surface area (Å²) in [5.74, 6) is -2.08. The molecule has 0 saturated carbocycles. The second kappa shape index (κ2) is 14.0. The molecule has 6 aliphatic heterocycles. The van der Waals surface area contributed by atoms with Gasteiger partial charge in [0.1, 0.15) is 17.7 Å². The van der Waals surface area contributed by atoms with Gasteiger partial charge in [0.05, 0.1) is 34.8 Å². The van der Waals surface area contributed by atoms with Crippen molar-refractivity contribution in [2.45, 2.75) is 69.8 Å². The SMILES string of the molecule is COC1(CN2Cc3cc4c(cc3C2)C(=O)N(C2CCC(=O)NC2=O)C4=O)CN(C(=O)c2ccc(N3CCC4(CC3)C[C@H](C)N(c3ccc(C#N)c(Cl)c3)C4)cc2)C1. The Kier molecular flexibility index (Phi) is 9.14. The van der Waals surface area contributed by atoms with E-state index in [4.69, 9.17) is 16.3 Å². The molecule has 4 saturated heterocycles. The maximum absolute atomic E-state index is 13.6. The van der Waals surface area contributed by atoms with Gasteiger partial charge in [0.25, 0.3) is 17.7 Å². The Morgan fingerprint density at radius 1 is 0.930 bits per heavy atom. The monoisotopic (exact) mass is 789 g/mol. The van der Waals surface area contributed by atoms with Crippen LogP contribution >= 0.6 is 11.6 Å². The number of nitrogens with one attached hydrogen (secondary N) is 1. The van der Waals surface area contributed by atoms with Crippen molar-refractivity contribution >= 4 is 52.5 Å². The first kappa shape index (κ1) is 37.3. The van der Waals surface area contributed by atoms with E-state index in [1.807, 2.05) is 29.2 Å². The fourth-order valence-corrected chi connectivity index (χ4v) is 10.3. The molecule has 0 aliphatic carbocycles. The summed E-state index contributed by atoms with van der Waals surface area (Å²) >= 11 is 6.37. The van der Waals surface area contributed by atoms with E-state index >= 15 is 0 Å². The Morgan fingerprint density at radius 2 is 1.58 bits per heavy atom. The van der Waals surface area contributed by atoms with Crippen LogP contribution in [0.2, 0.25) is 5.02 Å². The smallest absolute Gasteiger partial charge is 0.262 e. The molecule has 0 radical (unpaired) electrons. The predicted octanol–water partition coefficient (Wildman–Crippen LogP) is 4.36. The number of ether oxygens (including phenoxy) is 1. The van der Waals surface area contributed by atoms with E-state index in [-0.39, 0.29) is 35.3 Å². The van der Waals surface area contributed by atoms with Crippen LogP contribution in [0.5, 0.6) is 0 Å². The molecule has 2 atom stereocenters. The predicted molar refractivity (Wildman–Crippen MR) is 211 cm³/mol. The summed E-state index contributed by atoms with van der Waals surface area (Å²) in [6.07, 6.45) is 3.47. The Morgan fingerprint density at radius 3 is 2.18 bits per heavy atom. The third-order valence-corrected chi connectivity index (χ3v) is 13.5. The number of likely N-dealkylation sites (tertiary alicyclic amines) is 1. The Balaban J connectivity index is 0.777. The molecule has 294 valence electrons. The number of imide groups is 2. The van der Waals surface area contributed by atoms with E-state index in [9.17, 15) is 29.2 Å². The van der Waals surface area contributed by atoms with Crippen molar-refractivity contribution in [1.82, 2.24) is 20.0 Å². The molecule has 1 N–H and O–H groups in total. The molecule has 1 spiro atoms. The van der Waals surface area contributed by atoms with Gasteiger partial charge in [0, 0.05) is 75.8 Å². The molecule has 14 heteroatoms. The quantitative estimate of drug-likeness (QED) is 0.343. The lowest BCUT2D eigenvalue weighted by molar-refractivity contribution is -0.136. The lowest BCUT2D eigenvalue weighted by Crippen LogP contribution is -2.68. The van der Waals surface area contributed by atoms with E-state index < -0.39 is 35.3 Å². The number of nitriles is 1. The third-order valence-electron chi connectivity index (χ3n) is 13.2. The number of hydrogen-bond acceptors (Lipinski definition) is 10. The van der Waals surface area contributed by atoms with Crippen LogP contribution in [0, 0.1) is 16.7 Å². The van der Waals surface area contributed by atoms with Gasteiger partial charge >= 0.3 is 0 Å². The highest BCUT2D eigenvalue weighted by atomic mass is 35.5. The van der Waals surface area contributed by atoms with Crippen molar-refractivity contribution < 1.29 is 28.7 Å². The Labute approximate surface area is 336 Å². The Bertz CT molecular complexity index is 2210. The molecule has 9 rings (SSSR count). The Hall–Kier alpha value is -5.29. The van der Waals surface area contributed by atoms with Gasteiger partial charge in [-0.1, -0.05) is 11.6 Å². The van der Waals surface area contributed by atoms with Crippen molar-refractivity contribution in [2.75, 3.05) is 56.2 Å². The molecular formula is C43H44ClN7O6. The van der Waals surface area contributed by atoms with Crippen molar-refractivity contribution in [1.29, 1.82) is 5.26 Å². The molecule has 57 heavy (non-hydrogen) atoms. The number of benzene rings is 3. The second-order valence-electron chi connectivity index (χ2n) is 16.8. The topological polar surface area (TPSA) is 147 Å². The number of fused-ring (bicyclic) bond motifs is 2.